The van der Waals surface area contributed by atoms with Crippen molar-refractivity contribution < 1.29 is 13.2 Å². The molecule has 0 radical (unpaired) electrons. The lowest BCUT2D eigenvalue weighted by molar-refractivity contribution is -0.139. The average molecular weight is 318 g/mol. The third-order valence-electron chi connectivity index (χ3n) is 1.47. The van der Waals surface area contributed by atoms with Crippen LogP contribution in [0.4, 0.5) is 13.2 Å². The Labute approximate surface area is 92.0 Å². The molecule has 1 rings (SSSR count). The van der Waals surface area contributed by atoms with Gasteiger partial charge in [0.05, 0.1) is 5.56 Å². The van der Waals surface area contributed by atoms with Gasteiger partial charge in [0.15, 0.2) is 0 Å². The summed E-state index contributed by atoms with van der Waals surface area (Å²) in [5.74, 6) is 0. The highest BCUT2D eigenvalue weighted by Crippen LogP contribution is 2.36. The molecule has 0 spiro atoms. The second-order valence-corrected chi connectivity index (χ2v) is 4.44. The number of thioether (sulfide) groups is 1. The molecule has 0 atom stereocenters. The van der Waals surface area contributed by atoms with Crippen LogP contribution in [0.1, 0.15) is 5.56 Å². The molecular weight excluding hydrogens is 312 g/mol. The van der Waals surface area contributed by atoms with Crippen LogP contribution in [-0.4, -0.2) is 6.26 Å². The standard InChI is InChI=1S/C8H6F3IS/c1-13-7-4-5(12)2-3-6(7)8(9,10)11/h2-4H,1H3. The number of halogens is 4. The van der Waals surface area contributed by atoms with Crippen molar-refractivity contribution in [2.45, 2.75) is 11.1 Å². The molecule has 1 aromatic rings. The maximum Gasteiger partial charge on any atom is 0.417 e. The Morgan fingerprint density at radius 3 is 2.38 bits per heavy atom. The van der Waals surface area contributed by atoms with Crippen molar-refractivity contribution in [1.29, 1.82) is 0 Å². The van der Waals surface area contributed by atoms with Gasteiger partial charge in [-0.15, -0.1) is 11.8 Å². The summed E-state index contributed by atoms with van der Waals surface area (Å²) in [5.41, 5.74) is -0.555. The minimum Gasteiger partial charge on any atom is -0.166 e. The summed E-state index contributed by atoms with van der Waals surface area (Å²) >= 11 is 3.10. The highest BCUT2D eigenvalue weighted by molar-refractivity contribution is 14.1. The summed E-state index contributed by atoms with van der Waals surface area (Å²) in [6, 6.07) is 4.12. The molecule has 1 aromatic carbocycles. The molecule has 0 aliphatic rings. The number of alkyl halides is 3. The lowest BCUT2D eigenvalue weighted by Crippen LogP contribution is -2.06. The first kappa shape index (κ1) is 11.2. The zero-order valence-electron chi connectivity index (χ0n) is 6.65. The minimum absolute atomic E-state index is 0.277. The second-order valence-electron chi connectivity index (χ2n) is 2.34. The van der Waals surface area contributed by atoms with Gasteiger partial charge in [0.25, 0.3) is 0 Å². The molecule has 0 aliphatic carbocycles. The first-order valence-corrected chi connectivity index (χ1v) is 5.66. The summed E-state index contributed by atoms with van der Waals surface area (Å²) in [6.45, 7) is 0. The van der Waals surface area contributed by atoms with Crippen molar-refractivity contribution in [3.8, 4) is 0 Å². The Balaban J connectivity index is 3.22. The molecule has 5 heteroatoms. The average Bonchev–Trinajstić information content (AvgIpc) is 2.01. The van der Waals surface area contributed by atoms with E-state index in [1.165, 1.54) is 12.1 Å². The Bertz CT molecular complexity index is 309. The van der Waals surface area contributed by atoms with Crippen LogP contribution in [0.5, 0.6) is 0 Å². The van der Waals surface area contributed by atoms with Crippen LogP contribution in [0.3, 0.4) is 0 Å². The molecule has 0 N–H and O–H groups in total. The molecular formula is C8H6F3IS. The zero-order chi connectivity index (χ0) is 10.1. The van der Waals surface area contributed by atoms with E-state index in [0.717, 1.165) is 21.4 Å². The molecule has 72 valence electrons. The Morgan fingerprint density at radius 1 is 1.31 bits per heavy atom. The van der Waals surface area contributed by atoms with E-state index in [-0.39, 0.29) is 4.90 Å². The van der Waals surface area contributed by atoms with Crippen LogP contribution in [0.25, 0.3) is 0 Å². The molecule has 0 nitrogen and oxygen atoms in total. The molecule has 13 heavy (non-hydrogen) atoms. The normalized spacial score (nSPS) is 11.8. The van der Waals surface area contributed by atoms with Gasteiger partial charge in [-0.05, 0) is 47.0 Å². The highest BCUT2D eigenvalue weighted by atomic mass is 127. The van der Waals surface area contributed by atoms with Gasteiger partial charge in [0.2, 0.25) is 0 Å². The molecule has 0 saturated heterocycles. The van der Waals surface area contributed by atoms with Crippen LogP contribution in [0.2, 0.25) is 0 Å². The van der Waals surface area contributed by atoms with E-state index in [9.17, 15) is 13.2 Å². The zero-order valence-corrected chi connectivity index (χ0v) is 9.63. The van der Waals surface area contributed by atoms with Crippen molar-refractivity contribution in [3.05, 3.63) is 27.3 Å². The van der Waals surface area contributed by atoms with Gasteiger partial charge in [-0.1, -0.05) is 0 Å². The molecule has 0 fully saturated rings. The molecule has 0 amide bonds. The third-order valence-corrected chi connectivity index (χ3v) is 2.92. The molecule has 0 aromatic heterocycles. The smallest absolute Gasteiger partial charge is 0.166 e. The van der Waals surface area contributed by atoms with Crippen LogP contribution in [-0.2, 0) is 6.18 Å². The van der Waals surface area contributed by atoms with Crippen molar-refractivity contribution >= 4 is 34.4 Å². The molecule has 0 unspecified atom stereocenters. The van der Waals surface area contributed by atoms with Gasteiger partial charge in [0.1, 0.15) is 0 Å². The van der Waals surface area contributed by atoms with E-state index in [2.05, 4.69) is 0 Å². The van der Waals surface area contributed by atoms with Gasteiger partial charge in [-0.3, -0.25) is 0 Å². The van der Waals surface area contributed by atoms with Crippen molar-refractivity contribution in [3.63, 3.8) is 0 Å². The van der Waals surface area contributed by atoms with E-state index in [0.29, 0.717) is 0 Å². The van der Waals surface area contributed by atoms with Gasteiger partial charge in [-0.2, -0.15) is 13.2 Å². The predicted molar refractivity (Wildman–Crippen MR) is 55.9 cm³/mol. The maximum atomic E-state index is 12.4. The number of hydrogen-bond donors (Lipinski definition) is 0. The predicted octanol–water partition coefficient (Wildman–Crippen LogP) is 4.03. The van der Waals surface area contributed by atoms with Crippen LogP contribution >= 0.6 is 34.4 Å². The second kappa shape index (κ2) is 4.08. The fourth-order valence-corrected chi connectivity index (χ4v) is 2.25. The quantitative estimate of drug-likeness (QED) is 0.556. The van der Waals surface area contributed by atoms with Gasteiger partial charge < -0.3 is 0 Å². The summed E-state index contributed by atoms with van der Waals surface area (Å²) in [4.78, 5) is 0.277. The molecule has 0 heterocycles. The summed E-state index contributed by atoms with van der Waals surface area (Å²) < 4.78 is 37.9. The van der Waals surface area contributed by atoms with Gasteiger partial charge in [0, 0.05) is 8.47 Å². The van der Waals surface area contributed by atoms with Crippen molar-refractivity contribution in [2.24, 2.45) is 0 Å². The summed E-state index contributed by atoms with van der Waals surface area (Å²) in [5, 5.41) is 0. The fraction of sp³-hybridized carbons (Fsp3) is 0.250. The maximum absolute atomic E-state index is 12.4. The number of rotatable bonds is 1. The van der Waals surface area contributed by atoms with Gasteiger partial charge >= 0.3 is 6.18 Å². The van der Waals surface area contributed by atoms with E-state index in [1.54, 1.807) is 6.26 Å². The Morgan fingerprint density at radius 2 is 1.92 bits per heavy atom. The lowest BCUT2D eigenvalue weighted by atomic mass is 10.2. The topological polar surface area (TPSA) is 0 Å². The largest absolute Gasteiger partial charge is 0.417 e. The van der Waals surface area contributed by atoms with E-state index < -0.39 is 11.7 Å². The van der Waals surface area contributed by atoms with E-state index in [4.69, 9.17) is 0 Å². The molecule has 0 aliphatic heterocycles. The van der Waals surface area contributed by atoms with Crippen LogP contribution in [0, 0.1) is 3.57 Å². The minimum atomic E-state index is -4.25. The lowest BCUT2D eigenvalue weighted by Gasteiger charge is -2.10. The number of hydrogen-bond acceptors (Lipinski definition) is 1. The first-order chi connectivity index (χ1) is 5.95. The van der Waals surface area contributed by atoms with E-state index >= 15 is 0 Å². The first-order valence-electron chi connectivity index (χ1n) is 3.36. The fourth-order valence-electron chi connectivity index (χ4n) is 0.899. The molecule has 0 saturated carbocycles. The van der Waals surface area contributed by atoms with E-state index in [1.807, 2.05) is 22.6 Å². The Hall–Kier alpha value is 0.0900. The SMILES string of the molecule is CSc1cc(I)ccc1C(F)(F)F. The molecule has 0 bridgehead atoms. The van der Waals surface area contributed by atoms with Gasteiger partial charge in [-0.25, -0.2) is 0 Å². The Kier molecular flexibility index (Phi) is 3.50. The summed E-state index contributed by atoms with van der Waals surface area (Å²) in [7, 11) is 0. The van der Waals surface area contributed by atoms with Crippen molar-refractivity contribution in [1.82, 2.24) is 0 Å². The highest BCUT2D eigenvalue weighted by Gasteiger charge is 2.32. The summed E-state index contributed by atoms with van der Waals surface area (Å²) in [6.07, 6.45) is -2.61. The number of benzene rings is 1. The van der Waals surface area contributed by atoms with Crippen LogP contribution < -0.4 is 0 Å². The van der Waals surface area contributed by atoms with Crippen LogP contribution in [0.15, 0.2) is 23.1 Å². The monoisotopic (exact) mass is 318 g/mol. The van der Waals surface area contributed by atoms with Crippen molar-refractivity contribution in [2.75, 3.05) is 6.26 Å². The third kappa shape index (κ3) is 2.77.